The minimum atomic E-state index is -0.0910. The number of methoxy groups -OCH3 is 1. The average molecular weight is 488 g/mol. The van der Waals surface area contributed by atoms with E-state index in [1.54, 1.807) is 7.11 Å². The lowest BCUT2D eigenvalue weighted by molar-refractivity contribution is -0.147. The van der Waals surface area contributed by atoms with Gasteiger partial charge >= 0.3 is 0 Å². The molecule has 0 spiro atoms. The number of carbonyl (C=O) groups excluding carboxylic acids is 1. The fourth-order valence-electron chi connectivity index (χ4n) is 8.16. The van der Waals surface area contributed by atoms with Crippen molar-refractivity contribution < 1.29 is 9.53 Å². The van der Waals surface area contributed by atoms with Crippen LogP contribution in [-0.4, -0.2) is 56.7 Å². The van der Waals surface area contributed by atoms with Crippen molar-refractivity contribution >= 4 is 11.6 Å². The molecule has 5 aliphatic rings. The summed E-state index contributed by atoms with van der Waals surface area (Å²) in [5, 5.41) is 3.62. The standard InChI is InChI=1S/C31H41N3O2/c1-36-29-10-6-5-9-28(29)34-13-11-33(12-14-34)22-27(18-23-7-3-2-4-8-23)32-30(35)31-19-24-15-25(20-31)17-26(16-24)21-31/h2-10,24-27H,11-22H2,1H3,(H,32,35)/t24?,25?,26?,27-,31?/m1/s1. The molecular weight excluding hydrogens is 446 g/mol. The molecule has 5 heteroatoms. The van der Waals surface area contributed by atoms with E-state index in [-0.39, 0.29) is 11.5 Å². The molecular formula is C31H41N3O2. The zero-order valence-electron chi connectivity index (χ0n) is 21.7. The summed E-state index contributed by atoms with van der Waals surface area (Å²) in [7, 11) is 1.75. The Bertz CT molecular complexity index is 1010. The van der Waals surface area contributed by atoms with Crippen LogP contribution in [0.15, 0.2) is 54.6 Å². The predicted octanol–water partition coefficient (Wildman–Crippen LogP) is 4.76. The van der Waals surface area contributed by atoms with Crippen LogP contribution >= 0.6 is 0 Å². The van der Waals surface area contributed by atoms with Gasteiger partial charge in [-0.15, -0.1) is 0 Å². The van der Waals surface area contributed by atoms with Crippen molar-refractivity contribution in [1.29, 1.82) is 0 Å². The smallest absolute Gasteiger partial charge is 0.226 e. The number of nitrogens with one attached hydrogen (secondary N) is 1. The number of nitrogens with zero attached hydrogens (tertiary/aromatic N) is 2. The zero-order valence-corrected chi connectivity index (χ0v) is 21.7. The second kappa shape index (κ2) is 10.1. The summed E-state index contributed by atoms with van der Waals surface area (Å²) in [4.78, 5) is 18.9. The summed E-state index contributed by atoms with van der Waals surface area (Å²) in [6.45, 7) is 4.85. The number of hydrogen-bond acceptors (Lipinski definition) is 4. The van der Waals surface area contributed by atoms with E-state index >= 15 is 0 Å². The van der Waals surface area contributed by atoms with Crippen LogP contribution in [0, 0.1) is 23.2 Å². The summed E-state index contributed by atoms with van der Waals surface area (Å²) < 4.78 is 5.60. The normalized spacial score (nSPS) is 30.2. The summed E-state index contributed by atoms with van der Waals surface area (Å²) in [6, 6.07) is 19.1. The fraction of sp³-hybridized carbons (Fsp3) is 0.581. The third-order valence-electron chi connectivity index (χ3n) is 9.46. The molecule has 1 atom stereocenters. The molecule has 36 heavy (non-hydrogen) atoms. The maximum atomic E-state index is 13.9. The molecule has 2 aromatic carbocycles. The zero-order chi connectivity index (χ0) is 24.5. The van der Waals surface area contributed by atoms with Crippen molar-refractivity contribution in [3.05, 3.63) is 60.2 Å². The summed E-state index contributed by atoms with van der Waals surface area (Å²) in [6.07, 6.45) is 8.39. The maximum Gasteiger partial charge on any atom is 0.226 e. The van der Waals surface area contributed by atoms with Gasteiger partial charge in [0.05, 0.1) is 12.8 Å². The Kier molecular flexibility index (Phi) is 6.68. The molecule has 0 unspecified atom stereocenters. The molecule has 7 rings (SSSR count). The fourth-order valence-corrected chi connectivity index (χ4v) is 8.16. The lowest BCUT2D eigenvalue weighted by Gasteiger charge is -2.56. The number of benzene rings is 2. The molecule has 1 heterocycles. The number of rotatable bonds is 8. The first-order chi connectivity index (χ1) is 17.6. The number of anilines is 1. The first-order valence-electron chi connectivity index (χ1n) is 14.1. The van der Waals surface area contributed by atoms with Gasteiger partial charge in [-0.1, -0.05) is 42.5 Å². The third-order valence-corrected chi connectivity index (χ3v) is 9.46. The topological polar surface area (TPSA) is 44.8 Å². The highest BCUT2D eigenvalue weighted by molar-refractivity contribution is 5.83. The predicted molar refractivity (Wildman–Crippen MR) is 144 cm³/mol. The van der Waals surface area contributed by atoms with E-state index in [9.17, 15) is 4.79 Å². The second-order valence-electron chi connectivity index (χ2n) is 12.0. The van der Waals surface area contributed by atoms with E-state index in [1.807, 2.05) is 12.1 Å². The van der Waals surface area contributed by atoms with Gasteiger partial charge in [0.15, 0.2) is 0 Å². The Morgan fingerprint density at radius 2 is 1.53 bits per heavy atom. The van der Waals surface area contributed by atoms with Gasteiger partial charge in [0, 0.05) is 44.2 Å². The van der Waals surface area contributed by atoms with Crippen LogP contribution < -0.4 is 15.0 Å². The number of carbonyl (C=O) groups is 1. The number of amides is 1. The van der Waals surface area contributed by atoms with Crippen LogP contribution in [0.5, 0.6) is 5.75 Å². The minimum absolute atomic E-state index is 0.0910. The van der Waals surface area contributed by atoms with Crippen LogP contribution in [0.1, 0.15) is 44.1 Å². The van der Waals surface area contributed by atoms with Crippen LogP contribution in [0.2, 0.25) is 0 Å². The van der Waals surface area contributed by atoms with E-state index < -0.39 is 0 Å². The number of piperazine rings is 1. The lowest BCUT2D eigenvalue weighted by atomic mass is 9.49. The second-order valence-corrected chi connectivity index (χ2v) is 12.0. The van der Waals surface area contributed by atoms with Gasteiger partial charge in [-0.05, 0) is 80.4 Å². The summed E-state index contributed by atoms with van der Waals surface area (Å²) in [5.41, 5.74) is 2.39. The number of para-hydroxylation sites is 2. The Balaban J connectivity index is 1.12. The van der Waals surface area contributed by atoms with Gasteiger partial charge in [0.2, 0.25) is 5.91 Å². The Morgan fingerprint density at radius 3 is 2.17 bits per heavy atom. The van der Waals surface area contributed by atoms with Gasteiger partial charge in [-0.25, -0.2) is 0 Å². The van der Waals surface area contributed by atoms with E-state index in [4.69, 9.17) is 4.74 Å². The SMILES string of the molecule is COc1ccccc1N1CCN(C[C@@H](Cc2ccccc2)NC(=O)C23CC4CC(CC(C4)C2)C3)CC1. The molecule has 192 valence electrons. The molecule has 1 saturated heterocycles. The molecule has 5 fully saturated rings. The molecule has 2 aromatic rings. The highest BCUT2D eigenvalue weighted by atomic mass is 16.5. The van der Waals surface area contributed by atoms with Crippen molar-refractivity contribution in [1.82, 2.24) is 10.2 Å². The maximum absolute atomic E-state index is 13.9. The highest BCUT2D eigenvalue weighted by Gasteiger charge is 2.54. The monoisotopic (exact) mass is 487 g/mol. The number of hydrogen-bond donors (Lipinski definition) is 1. The highest BCUT2D eigenvalue weighted by Crippen LogP contribution is 2.60. The summed E-state index contributed by atoms with van der Waals surface area (Å²) >= 11 is 0. The van der Waals surface area contributed by atoms with Gasteiger partial charge < -0.3 is 15.0 Å². The van der Waals surface area contributed by atoms with E-state index in [0.717, 1.165) is 81.9 Å². The lowest BCUT2D eigenvalue weighted by Crippen LogP contribution is -2.58. The molecule has 1 aliphatic heterocycles. The van der Waals surface area contributed by atoms with Crippen LogP contribution in [0.25, 0.3) is 0 Å². The first kappa shape index (κ1) is 23.8. The molecule has 4 aliphatic carbocycles. The summed E-state index contributed by atoms with van der Waals surface area (Å²) in [5.74, 6) is 3.67. The Hall–Kier alpha value is -2.53. The quantitative estimate of drug-likeness (QED) is 0.583. The average Bonchev–Trinajstić information content (AvgIpc) is 2.89. The molecule has 4 bridgehead atoms. The Labute approximate surface area is 216 Å². The van der Waals surface area contributed by atoms with Crippen molar-refractivity contribution in [2.45, 2.75) is 51.0 Å². The Morgan fingerprint density at radius 1 is 0.917 bits per heavy atom. The van der Waals surface area contributed by atoms with Crippen molar-refractivity contribution in [2.75, 3.05) is 44.7 Å². The first-order valence-corrected chi connectivity index (χ1v) is 14.1. The minimum Gasteiger partial charge on any atom is -0.495 e. The van der Waals surface area contributed by atoms with Gasteiger partial charge in [0.1, 0.15) is 5.75 Å². The third kappa shape index (κ3) is 4.87. The van der Waals surface area contributed by atoms with E-state index in [1.165, 1.54) is 30.5 Å². The van der Waals surface area contributed by atoms with Gasteiger partial charge in [0.25, 0.3) is 0 Å². The molecule has 0 aromatic heterocycles. The van der Waals surface area contributed by atoms with Crippen LogP contribution in [0.4, 0.5) is 5.69 Å². The van der Waals surface area contributed by atoms with Gasteiger partial charge in [-0.2, -0.15) is 0 Å². The van der Waals surface area contributed by atoms with Crippen LogP contribution in [0.3, 0.4) is 0 Å². The molecule has 4 saturated carbocycles. The van der Waals surface area contributed by atoms with E-state index in [0.29, 0.717) is 5.91 Å². The van der Waals surface area contributed by atoms with Gasteiger partial charge in [-0.3, -0.25) is 9.69 Å². The molecule has 1 amide bonds. The van der Waals surface area contributed by atoms with Crippen molar-refractivity contribution in [2.24, 2.45) is 23.2 Å². The van der Waals surface area contributed by atoms with E-state index in [2.05, 4.69) is 57.6 Å². The largest absolute Gasteiger partial charge is 0.495 e. The molecule has 1 N–H and O–H groups in total. The molecule has 0 radical (unpaired) electrons. The van der Waals surface area contributed by atoms with Crippen molar-refractivity contribution in [3.8, 4) is 5.75 Å². The van der Waals surface area contributed by atoms with Crippen LogP contribution in [-0.2, 0) is 11.2 Å². The number of ether oxygens (including phenoxy) is 1. The van der Waals surface area contributed by atoms with Crippen molar-refractivity contribution in [3.63, 3.8) is 0 Å². The molecule has 5 nitrogen and oxygen atoms in total.